The lowest BCUT2D eigenvalue weighted by Crippen LogP contribution is -2.39. The van der Waals surface area contributed by atoms with E-state index >= 15 is 0 Å². The Morgan fingerprint density at radius 3 is 1.11 bits per heavy atom. The largest absolute Gasteiger partial charge is 0.0997 e. The van der Waals surface area contributed by atoms with E-state index in [0.29, 0.717) is 0 Å². The highest BCUT2D eigenvalue weighted by Gasteiger charge is 2.11. The van der Waals surface area contributed by atoms with E-state index in [1.54, 1.807) is 10.4 Å². The maximum atomic E-state index is 2.43. The highest BCUT2D eigenvalue weighted by atomic mass is 28.3. The quantitative estimate of drug-likeness (QED) is 0.723. The summed E-state index contributed by atoms with van der Waals surface area (Å²) in [6, 6.07) is 14.0. The molecule has 0 saturated heterocycles. The molecule has 0 amide bonds. The van der Waals surface area contributed by atoms with Gasteiger partial charge in [-0.2, -0.15) is 0 Å². The van der Waals surface area contributed by atoms with Crippen LogP contribution >= 0.6 is 0 Å². The number of hydrogen-bond acceptors (Lipinski definition) is 0. The number of benzene rings is 2. The summed E-state index contributed by atoms with van der Waals surface area (Å²) in [5, 5.41) is 3.11. The van der Waals surface area contributed by atoms with E-state index in [0.717, 1.165) is 0 Å². The summed E-state index contributed by atoms with van der Waals surface area (Å²) in [6.45, 7) is 11.2. The minimum atomic E-state index is -1.03. The highest BCUT2D eigenvalue weighted by Crippen LogP contribution is 2.05. The third-order valence-electron chi connectivity index (χ3n) is 3.49. The van der Waals surface area contributed by atoms with Crippen LogP contribution in [0.2, 0.25) is 6.55 Å². The second-order valence-electron chi connectivity index (χ2n) is 5.56. The molecule has 18 heavy (non-hydrogen) atoms. The number of hydrogen-bond donors (Lipinski definition) is 0. The molecule has 2 rings (SSSR count). The normalized spacial score (nSPS) is 11.0. The van der Waals surface area contributed by atoms with Crippen LogP contribution in [0.3, 0.4) is 0 Å². The van der Waals surface area contributed by atoms with Crippen molar-refractivity contribution in [2.24, 2.45) is 0 Å². The van der Waals surface area contributed by atoms with Crippen LogP contribution in [0.1, 0.15) is 22.3 Å². The Morgan fingerprint density at radius 2 is 0.833 bits per heavy atom. The van der Waals surface area contributed by atoms with Crippen molar-refractivity contribution in [1.29, 1.82) is 0 Å². The summed E-state index contributed by atoms with van der Waals surface area (Å²) < 4.78 is 0. The first-order valence-corrected chi connectivity index (χ1v) is 8.93. The van der Waals surface area contributed by atoms with Crippen LogP contribution < -0.4 is 10.4 Å². The minimum absolute atomic E-state index is 1.03. The highest BCUT2D eigenvalue weighted by molar-refractivity contribution is 6.84. The minimum Gasteiger partial charge on any atom is -0.0642 e. The van der Waals surface area contributed by atoms with Crippen molar-refractivity contribution in [3.63, 3.8) is 0 Å². The second-order valence-corrected chi connectivity index (χ2v) is 8.34. The summed E-state index contributed by atoms with van der Waals surface area (Å²) in [5.41, 5.74) is 5.53. The smallest absolute Gasteiger partial charge is 0.0642 e. The summed E-state index contributed by atoms with van der Waals surface area (Å²) in [5.74, 6) is 0. The van der Waals surface area contributed by atoms with Gasteiger partial charge >= 0.3 is 0 Å². The Hall–Kier alpha value is -1.34. The zero-order valence-electron chi connectivity index (χ0n) is 12.0. The lowest BCUT2D eigenvalue weighted by Gasteiger charge is -2.14. The van der Waals surface area contributed by atoms with Gasteiger partial charge in [-0.15, -0.1) is 0 Å². The lowest BCUT2D eigenvalue weighted by molar-refractivity contribution is 1.39. The van der Waals surface area contributed by atoms with Crippen LogP contribution in [-0.2, 0) is 0 Å². The van der Waals surface area contributed by atoms with Crippen LogP contribution in [0.15, 0.2) is 36.4 Å². The molecule has 0 radical (unpaired) electrons. The van der Waals surface area contributed by atoms with Gasteiger partial charge in [-0.1, -0.05) is 75.6 Å². The zero-order valence-corrected chi connectivity index (χ0v) is 13.2. The van der Waals surface area contributed by atoms with Crippen molar-refractivity contribution in [2.45, 2.75) is 34.2 Å². The van der Waals surface area contributed by atoms with Gasteiger partial charge in [-0.05, 0) is 27.7 Å². The maximum absolute atomic E-state index is 2.43. The first kappa shape index (κ1) is 13.1. The van der Waals surface area contributed by atoms with E-state index in [-0.39, 0.29) is 0 Å². The van der Waals surface area contributed by atoms with E-state index in [1.165, 1.54) is 22.3 Å². The molecule has 0 spiro atoms. The molecule has 0 saturated carbocycles. The van der Waals surface area contributed by atoms with Crippen LogP contribution in [0.25, 0.3) is 0 Å². The van der Waals surface area contributed by atoms with Crippen LogP contribution in [-0.4, -0.2) is 8.80 Å². The maximum Gasteiger partial charge on any atom is 0.0997 e. The third kappa shape index (κ3) is 2.91. The Labute approximate surface area is 112 Å². The molecule has 0 N–H and O–H groups in total. The fourth-order valence-electron chi connectivity index (χ4n) is 2.71. The first-order chi connectivity index (χ1) is 8.45. The van der Waals surface area contributed by atoms with Crippen LogP contribution in [0.4, 0.5) is 0 Å². The molecule has 0 unspecified atom stereocenters. The van der Waals surface area contributed by atoms with Crippen molar-refractivity contribution in [2.75, 3.05) is 0 Å². The Morgan fingerprint density at radius 1 is 0.556 bits per heavy atom. The molecule has 0 bridgehead atoms. The Bertz CT molecular complexity index is 478. The molecular weight excluding hydrogens is 232 g/mol. The average molecular weight is 254 g/mol. The number of aryl methyl sites for hydroxylation is 4. The number of rotatable bonds is 2. The van der Waals surface area contributed by atoms with E-state index < -0.39 is 8.80 Å². The molecule has 1 heteroatoms. The molecule has 94 valence electrons. The fraction of sp³-hybridized carbons (Fsp3) is 0.294. The van der Waals surface area contributed by atoms with Gasteiger partial charge in [0.25, 0.3) is 0 Å². The molecule has 0 fully saturated rings. The topological polar surface area (TPSA) is 0 Å². The molecule has 0 heterocycles. The standard InChI is InChI=1S/C17H22Si/c1-12-6-13(2)9-16(8-12)18(5)17-10-14(3)7-15(4)11-17/h6-11,18H,1-5H3. The van der Waals surface area contributed by atoms with Gasteiger partial charge in [0.2, 0.25) is 0 Å². The molecule has 0 aliphatic heterocycles. The van der Waals surface area contributed by atoms with Crippen LogP contribution in [0.5, 0.6) is 0 Å². The van der Waals surface area contributed by atoms with Gasteiger partial charge in [0.15, 0.2) is 0 Å². The van der Waals surface area contributed by atoms with Gasteiger partial charge in [0.1, 0.15) is 0 Å². The Balaban J connectivity index is 2.43. The SMILES string of the molecule is Cc1cc(C)cc([SiH](C)c2cc(C)cc(C)c2)c1. The van der Waals surface area contributed by atoms with Gasteiger partial charge < -0.3 is 0 Å². The van der Waals surface area contributed by atoms with Crippen LogP contribution in [0, 0.1) is 27.7 Å². The Kier molecular flexibility index (Phi) is 3.72. The lowest BCUT2D eigenvalue weighted by atomic mass is 10.2. The van der Waals surface area contributed by atoms with E-state index in [4.69, 9.17) is 0 Å². The summed E-state index contributed by atoms with van der Waals surface area (Å²) in [6.07, 6.45) is 0. The fourth-order valence-corrected chi connectivity index (χ4v) is 5.15. The van der Waals surface area contributed by atoms with E-state index in [2.05, 4.69) is 70.6 Å². The van der Waals surface area contributed by atoms with Crippen molar-refractivity contribution < 1.29 is 0 Å². The van der Waals surface area contributed by atoms with Gasteiger partial charge in [-0.3, -0.25) is 0 Å². The molecule has 0 aromatic heterocycles. The first-order valence-electron chi connectivity index (χ1n) is 6.62. The zero-order chi connectivity index (χ0) is 13.3. The monoisotopic (exact) mass is 254 g/mol. The summed E-state index contributed by atoms with van der Waals surface area (Å²) in [7, 11) is -1.03. The molecule has 2 aromatic rings. The molecule has 2 aromatic carbocycles. The summed E-state index contributed by atoms with van der Waals surface area (Å²) >= 11 is 0. The molecule has 0 nitrogen and oxygen atoms in total. The predicted molar refractivity (Wildman–Crippen MR) is 84.1 cm³/mol. The molecule has 0 aliphatic rings. The third-order valence-corrected chi connectivity index (χ3v) is 6.15. The average Bonchev–Trinajstić information content (AvgIpc) is 2.25. The summed E-state index contributed by atoms with van der Waals surface area (Å²) in [4.78, 5) is 0. The van der Waals surface area contributed by atoms with Gasteiger partial charge in [0.05, 0.1) is 8.80 Å². The van der Waals surface area contributed by atoms with Gasteiger partial charge in [0, 0.05) is 0 Å². The van der Waals surface area contributed by atoms with Crippen molar-refractivity contribution >= 4 is 19.2 Å². The second kappa shape index (κ2) is 5.11. The molecule has 0 atom stereocenters. The van der Waals surface area contributed by atoms with E-state index in [9.17, 15) is 0 Å². The molecule has 0 aliphatic carbocycles. The van der Waals surface area contributed by atoms with Crippen molar-refractivity contribution in [3.05, 3.63) is 58.7 Å². The van der Waals surface area contributed by atoms with Crippen molar-refractivity contribution in [1.82, 2.24) is 0 Å². The molecular formula is C17H22Si. The van der Waals surface area contributed by atoms with Crippen molar-refractivity contribution in [3.8, 4) is 0 Å². The van der Waals surface area contributed by atoms with E-state index in [1.807, 2.05) is 0 Å². The predicted octanol–water partition coefficient (Wildman–Crippen LogP) is 2.89. The van der Waals surface area contributed by atoms with Gasteiger partial charge in [-0.25, -0.2) is 0 Å².